The largest absolute Gasteiger partial charge is 0.309 e. The minimum atomic E-state index is 0.467. The van der Waals surface area contributed by atoms with Crippen LogP contribution in [-0.2, 0) is 0 Å². The molecule has 0 aliphatic carbocycles. The van der Waals surface area contributed by atoms with Crippen molar-refractivity contribution in [2.75, 3.05) is 0 Å². The monoisotopic (exact) mass is 211 g/mol. The van der Waals surface area contributed by atoms with E-state index in [2.05, 4.69) is 39.9 Å². The van der Waals surface area contributed by atoms with Gasteiger partial charge >= 0.3 is 0 Å². The van der Waals surface area contributed by atoms with Crippen LogP contribution in [0.15, 0.2) is 0 Å². The van der Waals surface area contributed by atoms with Gasteiger partial charge in [-0.3, -0.25) is 0 Å². The molecule has 1 aliphatic rings. The molecule has 0 aromatic carbocycles. The van der Waals surface area contributed by atoms with Gasteiger partial charge in [-0.2, -0.15) is 0 Å². The first-order chi connectivity index (χ1) is 7.00. The molecule has 1 rings (SSSR count). The van der Waals surface area contributed by atoms with Crippen molar-refractivity contribution >= 4 is 0 Å². The molecule has 0 spiro atoms. The Morgan fingerprint density at radius 3 is 2.33 bits per heavy atom. The average molecular weight is 211 g/mol. The minimum absolute atomic E-state index is 0.467. The van der Waals surface area contributed by atoms with Crippen LogP contribution in [-0.4, -0.2) is 11.6 Å². The molecule has 90 valence electrons. The summed E-state index contributed by atoms with van der Waals surface area (Å²) in [4.78, 5) is 0. The van der Waals surface area contributed by atoms with Gasteiger partial charge in [0.15, 0.2) is 0 Å². The molecule has 1 aliphatic heterocycles. The molecule has 0 radical (unpaired) electrons. The van der Waals surface area contributed by atoms with Crippen molar-refractivity contribution in [3.63, 3.8) is 0 Å². The van der Waals surface area contributed by atoms with E-state index in [0.29, 0.717) is 5.54 Å². The van der Waals surface area contributed by atoms with Gasteiger partial charge in [0, 0.05) is 11.6 Å². The summed E-state index contributed by atoms with van der Waals surface area (Å²) in [6, 6.07) is 0.800. The predicted octanol–water partition coefficient (Wildman–Crippen LogP) is 3.98. The van der Waals surface area contributed by atoms with E-state index in [1.54, 1.807) is 0 Å². The SMILES string of the molecule is CCCC1(C)C[C@@H](CC(CC)C(C)C)N1. The third-order valence-electron chi connectivity index (χ3n) is 4.11. The van der Waals surface area contributed by atoms with E-state index in [1.165, 1.54) is 32.1 Å². The lowest BCUT2D eigenvalue weighted by molar-refractivity contribution is 0.112. The molecule has 15 heavy (non-hydrogen) atoms. The van der Waals surface area contributed by atoms with Gasteiger partial charge in [-0.1, -0.05) is 40.5 Å². The smallest absolute Gasteiger partial charge is 0.0170 e. The fourth-order valence-electron chi connectivity index (χ4n) is 3.16. The molecular formula is C14H29N. The van der Waals surface area contributed by atoms with Gasteiger partial charge in [0.25, 0.3) is 0 Å². The minimum Gasteiger partial charge on any atom is -0.309 e. The van der Waals surface area contributed by atoms with Crippen molar-refractivity contribution < 1.29 is 0 Å². The predicted molar refractivity (Wildman–Crippen MR) is 68.1 cm³/mol. The Morgan fingerprint density at radius 1 is 1.33 bits per heavy atom. The highest BCUT2D eigenvalue weighted by molar-refractivity contribution is 5.00. The maximum absolute atomic E-state index is 3.78. The lowest BCUT2D eigenvalue weighted by Gasteiger charge is -2.48. The van der Waals surface area contributed by atoms with E-state index in [-0.39, 0.29) is 0 Å². The first kappa shape index (κ1) is 13.0. The first-order valence-corrected chi connectivity index (χ1v) is 6.78. The molecule has 0 aromatic heterocycles. The molecule has 1 heteroatoms. The second kappa shape index (κ2) is 5.34. The van der Waals surface area contributed by atoms with E-state index in [0.717, 1.165) is 17.9 Å². The fraction of sp³-hybridized carbons (Fsp3) is 1.00. The van der Waals surface area contributed by atoms with Crippen LogP contribution in [0.3, 0.4) is 0 Å². The van der Waals surface area contributed by atoms with Crippen LogP contribution in [0.2, 0.25) is 0 Å². The Balaban J connectivity index is 2.27. The molecule has 1 fully saturated rings. The van der Waals surface area contributed by atoms with E-state index in [9.17, 15) is 0 Å². The van der Waals surface area contributed by atoms with E-state index in [4.69, 9.17) is 0 Å². The van der Waals surface area contributed by atoms with Crippen LogP contribution >= 0.6 is 0 Å². The maximum atomic E-state index is 3.78. The Labute approximate surface area is 96.0 Å². The zero-order valence-corrected chi connectivity index (χ0v) is 11.3. The van der Waals surface area contributed by atoms with Gasteiger partial charge in [0.2, 0.25) is 0 Å². The van der Waals surface area contributed by atoms with Crippen LogP contribution in [0.4, 0.5) is 0 Å². The summed E-state index contributed by atoms with van der Waals surface area (Å²) in [5.41, 5.74) is 0.467. The molecule has 0 bridgehead atoms. The molecule has 3 atom stereocenters. The second-order valence-electron chi connectivity index (χ2n) is 6.00. The molecule has 0 saturated carbocycles. The van der Waals surface area contributed by atoms with Gasteiger partial charge in [0.1, 0.15) is 0 Å². The number of hydrogen-bond donors (Lipinski definition) is 1. The molecule has 0 aromatic rings. The van der Waals surface area contributed by atoms with Crippen molar-refractivity contribution in [3.8, 4) is 0 Å². The Kier molecular flexibility index (Phi) is 4.64. The fourth-order valence-corrected chi connectivity index (χ4v) is 3.16. The normalized spacial score (nSPS) is 32.8. The Bertz CT molecular complexity index is 180. The van der Waals surface area contributed by atoms with E-state index < -0.39 is 0 Å². The standard InChI is InChI=1S/C14H29N/c1-6-8-14(5)10-13(15-14)9-12(7-2)11(3)4/h11-13,15H,6-10H2,1-5H3/t12?,13-,14?/m1/s1. The third kappa shape index (κ3) is 3.48. The van der Waals surface area contributed by atoms with Crippen LogP contribution in [0, 0.1) is 11.8 Å². The number of hydrogen-bond acceptors (Lipinski definition) is 1. The molecule has 1 saturated heterocycles. The van der Waals surface area contributed by atoms with Crippen LogP contribution < -0.4 is 5.32 Å². The molecule has 1 heterocycles. The average Bonchev–Trinajstić information content (AvgIpc) is 2.10. The molecule has 0 amide bonds. The summed E-state index contributed by atoms with van der Waals surface area (Å²) in [6.07, 6.45) is 6.75. The first-order valence-electron chi connectivity index (χ1n) is 6.78. The van der Waals surface area contributed by atoms with Crippen molar-refractivity contribution in [1.29, 1.82) is 0 Å². The number of rotatable bonds is 6. The highest BCUT2D eigenvalue weighted by Gasteiger charge is 2.39. The second-order valence-corrected chi connectivity index (χ2v) is 6.00. The Hall–Kier alpha value is -0.0400. The van der Waals surface area contributed by atoms with Crippen molar-refractivity contribution in [2.45, 2.75) is 78.3 Å². The van der Waals surface area contributed by atoms with Gasteiger partial charge in [-0.05, 0) is 38.0 Å². The van der Waals surface area contributed by atoms with Crippen LogP contribution in [0.5, 0.6) is 0 Å². The summed E-state index contributed by atoms with van der Waals surface area (Å²) in [5.74, 6) is 1.75. The zero-order chi connectivity index (χ0) is 11.5. The van der Waals surface area contributed by atoms with E-state index >= 15 is 0 Å². The summed E-state index contributed by atoms with van der Waals surface area (Å²) in [5, 5.41) is 3.78. The highest BCUT2D eigenvalue weighted by atomic mass is 15.1. The lowest BCUT2D eigenvalue weighted by atomic mass is 9.74. The van der Waals surface area contributed by atoms with Crippen LogP contribution in [0.1, 0.15) is 66.7 Å². The number of nitrogens with one attached hydrogen (secondary N) is 1. The quantitative estimate of drug-likeness (QED) is 0.701. The highest BCUT2D eigenvalue weighted by Crippen LogP contribution is 2.34. The Morgan fingerprint density at radius 2 is 1.93 bits per heavy atom. The summed E-state index contributed by atoms with van der Waals surface area (Å²) >= 11 is 0. The molecular weight excluding hydrogens is 182 g/mol. The molecule has 1 N–H and O–H groups in total. The van der Waals surface area contributed by atoms with Crippen molar-refractivity contribution in [3.05, 3.63) is 0 Å². The van der Waals surface area contributed by atoms with Gasteiger partial charge in [-0.25, -0.2) is 0 Å². The maximum Gasteiger partial charge on any atom is 0.0170 e. The van der Waals surface area contributed by atoms with Gasteiger partial charge in [-0.15, -0.1) is 0 Å². The summed E-state index contributed by atoms with van der Waals surface area (Å²) in [6.45, 7) is 11.7. The lowest BCUT2D eigenvalue weighted by Crippen LogP contribution is -2.62. The van der Waals surface area contributed by atoms with Crippen molar-refractivity contribution in [1.82, 2.24) is 5.32 Å². The summed E-state index contributed by atoms with van der Waals surface area (Å²) < 4.78 is 0. The van der Waals surface area contributed by atoms with Crippen LogP contribution in [0.25, 0.3) is 0 Å². The van der Waals surface area contributed by atoms with Gasteiger partial charge < -0.3 is 5.32 Å². The molecule has 1 nitrogen and oxygen atoms in total. The molecule has 2 unspecified atom stereocenters. The summed E-state index contributed by atoms with van der Waals surface area (Å²) in [7, 11) is 0. The van der Waals surface area contributed by atoms with Gasteiger partial charge in [0.05, 0.1) is 0 Å². The van der Waals surface area contributed by atoms with Crippen molar-refractivity contribution in [2.24, 2.45) is 11.8 Å². The third-order valence-corrected chi connectivity index (χ3v) is 4.11. The zero-order valence-electron chi connectivity index (χ0n) is 11.3. The topological polar surface area (TPSA) is 12.0 Å². The van der Waals surface area contributed by atoms with E-state index in [1.807, 2.05) is 0 Å².